The maximum Gasteiger partial charge on any atom is 0.239 e. The first-order valence-electron chi connectivity index (χ1n) is 5.41. The zero-order valence-electron chi connectivity index (χ0n) is 10.1. The third-order valence-corrected chi connectivity index (χ3v) is 3.33. The van der Waals surface area contributed by atoms with Crippen LogP contribution in [-0.2, 0) is 4.79 Å². The summed E-state index contributed by atoms with van der Waals surface area (Å²) < 4.78 is 5.06. The quantitative estimate of drug-likeness (QED) is 0.666. The Labute approximate surface area is 109 Å². The highest BCUT2D eigenvalue weighted by atomic mass is 32.2. The molecule has 1 aromatic rings. The molecule has 2 rings (SSSR count). The van der Waals surface area contributed by atoms with E-state index in [9.17, 15) is 4.79 Å². The van der Waals surface area contributed by atoms with Crippen LogP contribution in [0.4, 0.5) is 0 Å². The van der Waals surface area contributed by atoms with Crippen LogP contribution in [0.25, 0.3) is 0 Å². The van der Waals surface area contributed by atoms with E-state index in [2.05, 4.69) is 15.5 Å². The Kier molecular flexibility index (Phi) is 3.99. The van der Waals surface area contributed by atoms with Crippen molar-refractivity contribution in [2.75, 3.05) is 7.11 Å². The summed E-state index contributed by atoms with van der Waals surface area (Å²) in [5, 5.41) is 11.0. The van der Waals surface area contributed by atoms with E-state index in [0.29, 0.717) is 5.17 Å². The second-order valence-electron chi connectivity index (χ2n) is 3.67. The number of hydrogen-bond acceptors (Lipinski definition) is 5. The van der Waals surface area contributed by atoms with Crippen LogP contribution < -0.4 is 10.1 Å². The second kappa shape index (κ2) is 5.68. The lowest BCUT2D eigenvalue weighted by molar-refractivity contribution is -0.118. The number of thioether (sulfide) groups is 1. The van der Waals surface area contributed by atoms with Gasteiger partial charge in [0.05, 0.1) is 18.6 Å². The molecule has 94 valence electrons. The fourth-order valence-electron chi connectivity index (χ4n) is 1.34. The maximum atomic E-state index is 11.2. The molecule has 1 aliphatic heterocycles. The Hall–Kier alpha value is -1.82. The standard InChI is InChI=1S/C12H13N3O2S/c1-8-11(16)14-12(18-8)15-13-7-9-3-5-10(17-2)6-4-9/h3-8H,1-2H3,(H,14,15,16)/b13-7-/t8-/m0/s1. The van der Waals surface area contributed by atoms with Crippen LogP contribution in [0.5, 0.6) is 5.75 Å². The van der Waals surface area contributed by atoms with Crippen molar-refractivity contribution >= 4 is 29.1 Å². The minimum atomic E-state index is -0.0973. The van der Waals surface area contributed by atoms with Gasteiger partial charge in [0.25, 0.3) is 0 Å². The fourth-order valence-corrected chi connectivity index (χ4v) is 2.10. The minimum absolute atomic E-state index is 0.0293. The summed E-state index contributed by atoms with van der Waals surface area (Å²) in [6.45, 7) is 1.83. The van der Waals surface area contributed by atoms with Gasteiger partial charge in [0.1, 0.15) is 5.75 Å². The van der Waals surface area contributed by atoms with Gasteiger partial charge < -0.3 is 10.1 Å². The van der Waals surface area contributed by atoms with Crippen LogP contribution in [0.15, 0.2) is 34.5 Å². The SMILES string of the molecule is COc1ccc(/C=N\N=C2\NC(=O)[C@H](C)S2)cc1. The van der Waals surface area contributed by atoms with Crippen LogP contribution >= 0.6 is 11.8 Å². The van der Waals surface area contributed by atoms with Gasteiger partial charge in [0.15, 0.2) is 5.17 Å². The predicted molar refractivity (Wildman–Crippen MR) is 73.2 cm³/mol. The highest BCUT2D eigenvalue weighted by Gasteiger charge is 2.25. The molecule has 0 aromatic heterocycles. The summed E-state index contributed by atoms with van der Waals surface area (Å²) in [6.07, 6.45) is 1.63. The normalized spacial score (nSPS) is 21.6. The highest BCUT2D eigenvalue weighted by molar-refractivity contribution is 8.15. The van der Waals surface area contributed by atoms with E-state index in [0.717, 1.165) is 11.3 Å². The molecule has 1 aromatic carbocycles. The van der Waals surface area contributed by atoms with Crippen molar-refractivity contribution in [2.24, 2.45) is 10.2 Å². The predicted octanol–water partition coefficient (Wildman–Crippen LogP) is 1.64. The average Bonchev–Trinajstić information content (AvgIpc) is 2.69. The van der Waals surface area contributed by atoms with Crippen molar-refractivity contribution < 1.29 is 9.53 Å². The third-order valence-electron chi connectivity index (χ3n) is 2.36. The molecule has 0 bridgehead atoms. The molecule has 18 heavy (non-hydrogen) atoms. The van der Waals surface area contributed by atoms with Gasteiger partial charge in [0, 0.05) is 0 Å². The molecule has 6 heteroatoms. The summed E-state index contributed by atoms with van der Waals surface area (Å²) in [5.74, 6) is 0.768. The molecule has 1 fully saturated rings. The Morgan fingerprint density at radius 3 is 2.67 bits per heavy atom. The van der Waals surface area contributed by atoms with Gasteiger partial charge in [-0.05, 0) is 36.8 Å². The van der Waals surface area contributed by atoms with E-state index in [-0.39, 0.29) is 11.2 Å². The number of benzene rings is 1. The summed E-state index contributed by atoms with van der Waals surface area (Å²) in [4.78, 5) is 11.2. The Morgan fingerprint density at radius 1 is 1.39 bits per heavy atom. The molecule has 1 saturated heterocycles. The average molecular weight is 263 g/mol. The first-order chi connectivity index (χ1) is 8.69. The number of rotatable bonds is 3. The van der Waals surface area contributed by atoms with E-state index >= 15 is 0 Å². The third kappa shape index (κ3) is 3.10. The molecule has 1 heterocycles. The molecule has 5 nitrogen and oxygen atoms in total. The van der Waals surface area contributed by atoms with Gasteiger partial charge >= 0.3 is 0 Å². The lowest BCUT2D eigenvalue weighted by Gasteiger charge is -1.98. The van der Waals surface area contributed by atoms with Gasteiger partial charge in [-0.3, -0.25) is 4.79 Å². The largest absolute Gasteiger partial charge is 0.497 e. The van der Waals surface area contributed by atoms with Crippen molar-refractivity contribution in [3.05, 3.63) is 29.8 Å². The topological polar surface area (TPSA) is 63.1 Å². The van der Waals surface area contributed by atoms with Crippen molar-refractivity contribution in [3.8, 4) is 5.75 Å². The van der Waals surface area contributed by atoms with Crippen LogP contribution in [0.1, 0.15) is 12.5 Å². The highest BCUT2D eigenvalue weighted by Crippen LogP contribution is 2.18. The Bertz CT molecular complexity index is 497. The van der Waals surface area contributed by atoms with Crippen LogP contribution in [0.3, 0.4) is 0 Å². The zero-order valence-corrected chi connectivity index (χ0v) is 10.9. The first-order valence-corrected chi connectivity index (χ1v) is 6.29. The van der Waals surface area contributed by atoms with Gasteiger partial charge in [-0.25, -0.2) is 0 Å². The van der Waals surface area contributed by atoms with E-state index in [1.807, 2.05) is 31.2 Å². The summed E-state index contributed by atoms with van der Waals surface area (Å²) in [6, 6.07) is 7.46. The molecule has 0 unspecified atom stereocenters. The van der Waals surface area contributed by atoms with E-state index < -0.39 is 0 Å². The number of carbonyl (C=O) groups is 1. The lowest BCUT2D eigenvalue weighted by atomic mass is 10.2. The monoisotopic (exact) mass is 263 g/mol. The number of ether oxygens (including phenoxy) is 1. The molecule has 0 radical (unpaired) electrons. The van der Waals surface area contributed by atoms with Gasteiger partial charge in [0.2, 0.25) is 5.91 Å². The lowest BCUT2D eigenvalue weighted by Crippen LogP contribution is -2.23. The van der Waals surface area contributed by atoms with Crippen LogP contribution in [-0.4, -0.2) is 29.6 Å². The number of nitrogens with one attached hydrogen (secondary N) is 1. The molecule has 0 spiro atoms. The Balaban J connectivity index is 1.99. The molecule has 1 aliphatic rings. The number of amidine groups is 1. The molecular formula is C12H13N3O2S. The second-order valence-corrected chi connectivity index (χ2v) is 5.00. The maximum absolute atomic E-state index is 11.2. The Morgan fingerprint density at radius 2 is 2.11 bits per heavy atom. The summed E-state index contributed by atoms with van der Waals surface area (Å²) in [7, 11) is 1.62. The molecule has 0 aliphatic carbocycles. The van der Waals surface area contributed by atoms with Gasteiger partial charge in [-0.1, -0.05) is 11.8 Å². The van der Waals surface area contributed by atoms with Crippen LogP contribution in [0, 0.1) is 0 Å². The van der Waals surface area contributed by atoms with Crippen molar-refractivity contribution in [1.29, 1.82) is 0 Å². The first kappa shape index (κ1) is 12.6. The number of amides is 1. The number of carbonyl (C=O) groups excluding carboxylic acids is 1. The van der Waals surface area contributed by atoms with Gasteiger partial charge in [-0.15, -0.1) is 5.10 Å². The number of methoxy groups -OCH3 is 1. The summed E-state index contributed by atoms with van der Waals surface area (Å²) in [5.41, 5.74) is 0.919. The molecule has 1 amide bonds. The zero-order chi connectivity index (χ0) is 13.0. The van der Waals surface area contributed by atoms with E-state index in [1.165, 1.54) is 11.8 Å². The molecule has 1 N–H and O–H groups in total. The minimum Gasteiger partial charge on any atom is -0.497 e. The molecule has 0 saturated carbocycles. The van der Waals surface area contributed by atoms with E-state index in [4.69, 9.17) is 4.74 Å². The fraction of sp³-hybridized carbons (Fsp3) is 0.250. The summed E-state index contributed by atoms with van der Waals surface area (Å²) >= 11 is 1.37. The van der Waals surface area contributed by atoms with Crippen molar-refractivity contribution in [2.45, 2.75) is 12.2 Å². The number of nitrogens with zero attached hydrogens (tertiary/aromatic N) is 2. The van der Waals surface area contributed by atoms with Crippen molar-refractivity contribution in [1.82, 2.24) is 5.32 Å². The number of hydrogen-bond donors (Lipinski definition) is 1. The smallest absolute Gasteiger partial charge is 0.239 e. The van der Waals surface area contributed by atoms with Gasteiger partial charge in [-0.2, -0.15) is 5.10 Å². The molecule has 1 atom stereocenters. The van der Waals surface area contributed by atoms with Crippen molar-refractivity contribution in [3.63, 3.8) is 0 Å². The van der Waals surface area contributed by atoms with E-state index in [1.54, 1.807) is 13.3 Å². The molecular weight excluding hydrogens is 250 g/mol. The van der Waals surface area contributed by atoms with Crippen LogP contribution in [0.2, 0.25) is 0 Å².